The van der Waals surface area contributed by atoms with Gasteiger partial charge in [-0.15, -0.1) is 0 Å². The molecule has 0 radical (unpaired) electrons. The van der Waals surface area contributed by atoms with Gasteiger partial charge in [0.2, 0.25) is 17.7 Å². The predicted octanol–water partition coefficient (Wildman–Crippen LogP) is 0.748. The number of hydrogen-bond acceptors (Lipinski definition) is 4. The number of amides is 3. The molecule has 1 aliphatic rings. The van der Waals surface area contributed by atoms with E-state index in [1.165, 1.54) is 6.92 Å². The summed E-state index contributed by atoms with van der Waals surface area (Å²) in [7, 11) is 2.01. The SMILES string of the molecule is CC(=O)Nc1cccc(NC(=O)CC(=O)N2CCN(C)CC2)c1. The zero-order chi connectivity index (χ0) is 16.8. The Kier molecular flexibility index (Phi) is 5.70. The van der Waals surface area contributed by atoms with E-state index in [4.69, 9.17) is 0 Å². The van der Waals surface area contributed by atoms with Crippen LogP contribution in [0.15, 0.2) is 24.3 Å². The molecule has 124 valence electrons. The van der Waals surface area contributed by atoms with Crippen LogP contribution in [0.4, 0.5) is 11.4 Å². The molecule has 1 aromatic rings. The number of piperazine rings is 1. The topological polar surface area (TPSA) is 81.8 Å². The molecule has 7 heteroatoms. The van der Waals surface area contributed by atoms with Gasteiger partial charge in [0.1, 0.15) is 6.42 Å². The molecule has 0 saturated carbocycles. The first-order chi connectivity index (χ1) is 10.9. The van der Waals surface area contributed by atoms with Crippen molar-refractivity contribution >= 4 is 29.1 Å². The third kappa shape index (κ3) is 5.37. The highest BCUT2D eigenvalue weighted by atomic mass is 16.2. The zero-order valence-corrected chi connectivity index (χ0v) is 13.5. The van der Waals surface area contributed by atoms with Crippen LogP contribution in [0.5, 0.6) is 0 Å². The van der Waals surface area contributed by atoms with Gasteiger partial charge >= 0.3 is 0 Å². The maximum absolute atomic E-state index is 12.1. The summed E-state index contributed by atoms with van der Waals surface area (Å²) in [6.45, 7) is 4.37. The number of likely N-dealkylation sites (N-methyl/N-ethyl adjacent to an activating group) is 1. The third-order valence-electron chi connectivity index (χ3n) is 3.63. The molecule has 2 N–H and O–H groups in total. The first kappa shape index (κ1) is 17.0. The van der Waals surface area contributed by atoms with Gasteiger partial charge < -0.3 is 20.4 Å². The summed E-state index contributed by atoms with van der Waals surface area (Å²) in [6.07, 6.45) is -0.173. The van der Waals surface area contributed by atoms with Crippen LogP contribution in [0.2, 0.25) is 0 Å². The molecule has 0 spiro atoms. The number of rotatable bonds is 4. The zero-order valence-electron chi connectivity index (χ0n) is 13.5. The highest BCUT2D eigenvalue weighted by Gasteiger charge is 2.21. The largest absolute Gasteiger partial charge is 0.340 e. The summed E-state index contributed by atoms with van der Waals surface area (Å²) in [5, 5.41) is 5.33. The van der Waals surface area contributed by atoms with Gasteiger partial charge in [-0.2, -0.15) is 0 Å². The monoisotopic (exact) mass is 318 g/mol. The second-order valence-electron chi connectivity index (χ2n) is 5.67. The molecule has 0 unspecified atom stereocenters. The number of hydrogen-bond donors (Lipinski definition) is 2. The Bertz CT molecular complexity index is 595. The summed E-state index contributed by atoms with van der Waals surface area (Å²) in [5.41, 5.74) is 1.15. The second-order valence-corrected chi connectivity index (χ2v) is 5.67. The maximum atomic E-state index is 12.1. The van der Waals surface area contributed by atoms with Crippen LogP contribution >= 0.6 is 0 Å². The van der Waals surface area contributed by atoms with Gasteiger partial charge in [-0.3, -0.25) is 14.4 Å². The molecule has 0 aromatic heterocycles. The number of carbonyl (C=O) groups excluding carboxylic acids is 3. The Morgan fingerprint density at radius 1 is 1.04 bits per heavy atom. The molecular weight excluding hydrogens is 296 g/mol. The average molecular weight is 318 g/mol. The number of nitrogens with zero attached hydrogens (tertiary/aromatic N) is 2. The van der Waals surface area contributed by atoms with Crippen molar-refractivity contribution in [2.24, 2.45) is 0 Å². The van der Waals surface area contributed by atoms with E-state index in [0.717, 1.165) is 13.1 Å². The molecule has 3 amide bonds. The Morgan fingerprint density at radius 2 is 1.65 bits per heavy atom. The molecule has 1 aromatic carbocycles. The highest BCUT2D eigenvalue weighted by Crippen LogP contribution is 2.15. The normalized spacial score (nSPS) is 15.1. The summed E-state index contributed by atoms with van der Waals surface area (Å²) >= 11 is 0. The van der Waals surface area contributed by atoms with Crippen molar-refractivity contribution in [2.75, 3.05) is 43.9 Å². The van der Waals surface area contributed by atoms with Gasteiger partial charge in [0.15, 0.2) is 0 Å². The minimum Gasteiger partial charge on any atom is -0.340 e. The van der Waals surface area contributed by atoms with Crippen LogP contribution < -0.4 is 10.6 Å². The van der Waals surface area contributed by atoms with E-state index >= 15 is 0 Å². The first-order valence-corrected chi connectivity index (χ1v) is 7.58. The number of benzene rings is 1. The van der Waals surface area contributed by atoms with Gasteiger partial charge in [0.05, 0.1) is 0 Å². The van der Waals surface area contributed by atoms with Crippen molar-refractivity contribution < 1.29 is 14.4 Å². The predicted molar refractivity (Wildman–Crippen MR) is 88.1 cm³/mol. The molecule has 7 nitrogen and oxygen atoms in total. The van der Waals surface area contributed by atoms with Gasteiger partial charge in [-0.1, -0.05) is 6.07 Å². The van der Waals surface area contributed by atoms with E-state index in [1.54, 1.807) is 29.2 Å². The minimum absolute atomic E-state index is 0.159. The lowest BCUT2D eigenvalue weighted by atomic mass is 10.2. The number of nitrogens with one attached hydrogen (secondary N) is 2. The van der Waals surface area contributed by atoms with E-state index in [1.807, 2.05) is 7.05 Å². The maximum Gasteiger partial charge on any atom is 0.233 e. The summed E-state index contributed by atoms with van der Waals surface area (Å²) in [6, 6.07) is 6.82. The Hall–Kier alpha value is -2.41. The van der Waals surface area contributed by atoms with E-state index < -0.39 is 0 Å². The molecular formula is C16H22N4O3. The number of carbonyl (C=O) groups is 3. The van der Waals surface area contributed by atoms with E-state index in [9.17, 15) is 14.4 Å². The highest BCUT2D eigenvalue weighted by molar-refractivity contribution is 6.04. The van der Waals surface area contributed by atoms with Crippen LogP contribution in [0.25, 0.3) is 0 Å². The van der Waals surface area contributed by atoms with Crippen molar-refractivity contribution in [1.82, 2.24) is 9.80 Å². The van der Waals surface area contributed by atoms with Crippen LogP contribution in [-0.2, 0) is 14.4 Å². The lowest BCUT2D eigenvalue weighted by Gasteiger charge is -2.32. The molecule has 1 saturated heterocycles. The van der Waals surface area contributed by atoms with Crippen molar-refractivity contribution in [2.45, 2.75) is 13.3 Å². The van der Waals surface area contributed by atoms with Crippen molar-refractivity contribution in [3.63, 3.8) is 0 Å². The summed E-state index contributed by atoms with van der Waals surface area (Å²) in [4.78, 5) is 39.0. The van der Waals surface area contributed by atoms with Gasteiger partial charge in [-0.05, 0) is 25.2 Å². The molecule has 23 heavy (non-hydrogen) atoms. The van der Waals surface area contributed by atoms with E-state index in [0.29, 0.717) is 24.5 Å². The smallest absolute Gasteiger partial charge is 0.233 e. The van der Waals surface area contributed by atoms with Gasteiger partial charge in [0, 0.05) is 44.5 Å². The second kappa shape index (κ2) is 7.73. The fourth-order valence-corrected chi connectivity index (χ4v) is 2.39. The van der Waals surface area contributed by atoms with Crippen LogP contribution in [-0.4, -0.2) is 60.7 Å². The van der Waals surface area contributed by atoms with Crippen molar-refractivity contribution in [1.29, 1.82) is 0 Å². The Balaban J connectivity index is 1.87. The average Bonchev–Trinajstić information content (AvgIpc) is 2.47. The molecule has 1 aliphatic heterocycles. The van der Waals surface area contributed by atoms with E-state index in [-0.39, 0.29) is 24.1 Å². The van der Waals surface area contributed by atoms with Gasteiger partial charge in [-0.25, -0.2) is 0 Å². The van der Waals surface area contributed by atoms with E-state index in [2.05, 4.69) is 15.5 Å². The van der Waals surface area contributed by atoms with Crippen molar-refractivity contribution in [3.05, 3.63) is 24.3 Å². The van der Waals surface area contributed by atoms with Crippen LogP contribution in [0.3, 0.4) is 0 Å². The summed E-state index contributed by atoms with van der Waals surface area (Å²) in [5.74, 6) is -0.693. The lowest BCUT2D eigenvalue weighted by molar-refractivity contribution is -0.135. The minimum atomic E-state index is -0.353. The Labute approximate surface area is 135 Å². The van der Waals surface area contributed by atoms with Crippen LogP contribution in [0, 0.1) is 0 Å². The Morgan fingerprint density at radius 3 is 2.26 bits per heavy atom. The fraction of sp³-hybridized carbons (Fsp3) is 0.438. The lowest BCUT2D eigenvalue weighted by Crippen LogP contribution is -2.47. The molecule has 0 bridgehead atoms. The molecule has 0 atom stereocenters. The van der Waals surface area contributed by atoms with Crippen LogP contribution in [0.1, 0.15) is 13.3 Å². The standard InChI is InChI=1S/C16H22N4O3/c1-12(21)17-13-4-3-5-14(10-13)18-15(22)11-16(23)20-8-6-19(2)7-9-20/h3-5,10H,6-9,11H2,1-2H3,(H,17,21)(H,18,22). The summed E-state index contributed by atoms with van der Waals surface area (Å²) < 4.78 is 0. The molecule has 0 aliphatic carbocycles. The molecule has 1 fully saturated rings. The quantitative estimate of drug-likeness (QED) is 0.803. The van der Waals surface area contributed by atoms with Crippen molar-refractivity contribution in [3.8, 4) is 0 Å². The fourth-order valence-electron chi connectivity index (χ4n) is 2.39. The molecule has 1 heterocycles. The van der Waals surface area contributed by atoms with Gasteiger partial charge in [0.25, 0.3) is 0 Å². The first-order valence-electron chi connectivity index (χ1n) is 7.58. The number of anilines is 2. The molecule has 2 rings (SSSR count). The third-order valence-corrected chi connectivity index (χ3v) is 3.63.